The van der Waals surface area contributed by atoms with Crippen molar-refractivity contribution in [1.82, 2.24) is 10.2 Å². The molecule has 2 fully saturated rings. The van der Waals surface area contributed by atoms with E-state index >= 15 is 0 Å². The van der Waals surface area contributed by atoms with Crippen LogP contribution < -0.4 is 5.32 Å². The van der Waals surface area contributed by atoms with Crippen molar-refractivity contribution in [2.45, 2.75) is 51.3 Å². The Morgan fingerprint density at radius 2 is 2.13 bits per heavy atom. The van der Waals surface area contributed by atoms with Crippen LogP contribution >= 0.6 is 0 Å². The van der Waals surface area contributed by atoms with Crippen molar-refractivity contribution >= 4 is 6.09 Å². The number of nitrogens with zero attached hydrogens (tertiary/aromatic N) is 1. The third kappa shape index (κ3) is 2.25. The highest BCUT2D eigenvalue weighted by molar-refractivity contribution is 5.69. The van der Waals surface area contributed by atoms with Crippen LogP contribution in [0.1, 0.15) is 33.6 Å². The van der Waals surface area contributed by atoms with Crippen LogP contribution in [0.2, 0.25) is 0 Å². The van der Waals surface area contributed by atoms with Crippen LogP contribution in [0.25, 0.3) is 0 Å². The van der Waals surface area contributed by atoms with Crippen LogP contribution in [-0.4, -0.2) is 41.8 Å². The van der Waals surface area contributed by atoms with Gasteiger partial charge in [0.25, 0.3) is 0 Å². The molecule has 0 saturated carbocycles. The molecule has 2 atom stereocenters. The maximum absolute atomic E-state index is 11.9. The van der Waals surface area contributed by atoms with Crippen LogP contribution in [0.3, 0.4) is 0 Å². The Morgan fingerprint density at radius 1 is 1.40 bits per heavy atom. The molecule has 0 unspecified atom stereocenters. The van der Waals surface area contributed by atoms with E-state index in [9.17, 15) is 4.79 Å². The molecule has 0 spiro atoms. The first-order valence-electron chi connectivity index (χ1n) is 5.70. The third-order valence-corrected chi connectivity index (χ3v) is 3.02. The average Bonchev–Trinajstić information content (AvgIpc) is 2.57. The van der Waals surface area contributed by atoms with E-state index in [0.717, 1.165) is 25.9 Å². The van der Waals surface area contributed by atoms with Crippen LogP contribution in [0.4, 0.5) is 4.79 Å². The summed E-state index contributed by atoms with van der Waals surface area (Å²) in [6, 6.07) is 0.859. The second kappa shape index (κ2) is 3.67. The number of fused-ring (bicyclic) bond motifs is 1. The minimum absolute atomic E-state index is 0.154. The molecule has 0 aromatic heterocycles. The zero-order valence-electron chi connectivity index (χ0n) is 9.75. The summed E-state index contributed by atoms with van der Waals surface area (Å²) in [7, 11) is 0. The highest BCUT2D eigenvalue weighted by Gasteiger charge is 2.41. The molecule has 2 heterocycles. The lowest BCUT2D eigenvalue weighted by molar-refractivity contribution is 0.0227. The van der Waals surface area contributed by atoms with Gasteiger partial charge >= 0.3 is 6.09 Å². The number of carbonyl (C=O) groups is 1. The van der Waals surface area contributed by atoms with Gasteiger partial charge < -0.3 is 15.0 Å². The Balaban J connectivity index is 1.96. The smallest absolute Gasteiger partial charge is 0.410 e. The number of hydrogen-bond donors (Lipinski definition) is 1. The Hall–Kier alpha value is -0.770. The number of rotatable bonds is 0. The van der Waals surface area contributed by atoms with Gasteiger partial charge in [-0.2, -0.15) is 0 Å². The second-order valence-corrected chi connectivity index (χ2v) is 5.38. The summed E-state index contributed by atoms with van der Waals surface area (Å²) in [6.07, 6.45) is 1.96. The van der Waals surface area contributed by atoms with Crippen molar-refractivity contribution in [1.29, 1.82) is 0 Å². The molecule has 0 aromatic carbocycles. The Labute approximate surface area is 91.0 Å². The summed E-state index contributed by atoms with van der Waals surface area (Å²) in [5.41, 5.74) is -0.388. The molecule has 2 saturated heterocycles. The molecule has 2 aliphatic rings. The van der Waals surface area contributed by atoms with Crippen molar-refractivity contribution in [3.63, 3.8) is 0 Å². The molecule has 0 aromatic rings. The first-order valence-corrected chi connectivity index (χ1v) is 5.70. The van der Waals surface area contributed by atoms with Crippen molar-refractivity contribution in [2.75, 3.05) is 13.1 Å². The van der Waals surface area contributed by atoms with E-state index in [2.05, 4.69) is 5.32 Å². The van der Waals surface area contributed by atoms with Gasteiger partial charge in [-0.25, -0.2) is 4.79 Å². The predicted octanol–water partition coefficient (Wildman–Crippen LogP) is 1.36. The Bertz CT molecular complexity index is 260. The zero-order chi connectivity index (χ0) is 11.1. The quantitative estimate of drug-likeness (QED) is 0.659. The van der Waals surface area contributed by atoms with Gasteiger partial charge in [0, 0.05) is 12.6 Å². The predicted molar refractivity (Wildman–Crippen MR) is 57.8 cm³/mol. The number of hydrogen-bond acceptors (Lipinski definition) is 3. The van der Waals surface area contributed by atoms with Gasteiger partial charge in [0.05, 0.1) is 6.04 Å². The summed E-state index contributed by atoms with van der Waals surface area (Å²) in [5, 5.41) is 3.42. The number of ether oxygens (including phenoxy) is 1. The first kappa shape index (κ1) is 10.7. The lowest BCUT2D eigenvalue weighted by atomic mass is 10.1. The Morgan fingerprint density at radius 3 is 2.80 bits per heavy atom. The van der Waals surface area contributed by atoms with E-state index in [4.69, 9.17) is 4.74 Å². The van der Waals surface area contributed by atoms with Crippen LogP contribution in [0, 0.1) is 0 Å². The van der Waals surface area contributed by atoms with Gasteiger partial charge in [-0.3, -0.25) is 0 Å². The molecule has 15 heavy (non-hydrogen) atoms. The second-order valence-electron chi connectivity index (χ2n) is 5.38. The lowest BCUT2D eigenvalue weighted by Crippen LogP contribution is -2.41. The molecular weight excluding hydrogens is 192 g/mol. The van der Waals surface area contributed by atoms with Crippen molar-refractivity contribution in [2.24, 2.45) is 0 Å². The molecule has 1 amide bonds. The van der Waals surface area contributed by atoms with Gasteiger partial charge in [0.2, 0.25) is 0 Å². The molecule has 2 rings (SSSR count). The molecule has 86 valence electrons. The topological polar surface area (TPSA) is 41.6 Å². The fourth-order valence-electron chi connectivity index (χ4n) is 2.41. The monoisotopic (exact) mass is 212 g/mol. The van der Waals surface area contributed by atoms with Gasteiger partial charge in [0.15, 0.2) is 0 Å². The number of nitrogens with one attached hydrogen (secondary N) is 1. The van der Waals surface area contributed by atoms with Gasteiger partial charge in [-0.1, -0.05) is 0 Å². The maximum atomic E-state index is 11.9. The number of amides is 1. The van der Waals surface area contributed by atoms with Crippen LogP contribution in [0.5, 0.6) is 0 Å². The molecule has 0 radical (unpaired) electrons. The molecule has 1 N–H and O–H groups in total. The largest absolute Gasteiger partial charge is 0.444 e. The average molecular weight is 212 g/mol. The fourth-order valence-corrected chi connectivity index (χ4v) is 2.41. The van der Waals surface area contributed by atoms with E-state index in [1.54, 1.807) is 0 Å². The van der Waals surface area contributed by atoms with Crippen molar-refractivity contribution in [3.05, 3.63) is 0 Å². The van der Waals surface area contributed by atoms with Gasteiger partial charge in [-0.15, -0.1) is 0 Å². The Kier molecular flexibility index (Phi) is 2.63. The highest BCUT2D eigenvalue weighted by atomic mass is 16.6. The summed E-state index contributed by atoms with van der Waals surface area (Å²) in [5.74, 6) is 0. The lowest BCUT2D eigenvalue weighted by Gasteiger charge is -2.27. The van der Waals surface area contributed by atoms with E-state index in [0.29, 0.717) is 12.1 Å². The summed E-state index contributed by atoms with van der Waals surface area (Å²) in [4.78, 5) is 13.8. The molecule has 0 aliphatic carbocycles. The van der Waals surface area contributed by atoms with E-state index in [-0.39, 0.29) is 11.7 Å². The minimum Gasteiger partial charge on any atom is -0.444 e. The van der Waals surface area contributed by atoms with Gasteiger partial charge in [-0.05, 0) is 40.2 Å². The van der Waals surface area contributed by atoms with E-state index in [1.807, 2.05) is 25.7 Å². The zero-order valence-corrected chi connectivity index (χ0v) is 9.75. The first-order chi connectivity index (χ1) is 6.97. The summed E-state index contributed by atoms with van der Waals surface area (Å²) >= 11 is 0. The normalized spacial score (nSPS) is 30.5. The van der Waals surface area contributed by atoms with Crippen LogP contribution in [-0.2, 0) is 4.74 Å². The standard InChI is InChI=1S/C11H20N2O2/c1-11(2,3)15-10(14)13-7-5-8-9(13)4-6-12-8/h8-9,12H,4-7H2,1-3H3/t8-,9-/m1/s1. The highest BCUT2D eigenvalue weighted by Crippen LogP contribution is 2.26. The van der Waals surface area contributed by atoms with Crippen molar-refractivity contribution < 1.29 is 9.53 Å². The van der Waals surface area contributed by atoms with E-state index in [1.165, 1.54) is 0 Å². The number of carbonyl (C=O) groups excluding carboxylic acids is 1. The minimum atomic E-state index is -0.388. The van der Waals surface area contributed by atoms with E-state index < -0.39 is 0 Å². The fraction of sp³-hybridized carbons (Fsp3) is 0.909. The molecule has 4 nitrogen and oxygen atoms in total. The van der Waals surface area contributed by atoms with Gasteiger partial charge in [0.1, 0.15) is 5.60 Å². The molecule has 2 aliphatic heterocycles. The van der Waals surface area contributed by atoms with Crippen molar-refractivity contribution in [3.8, 4) is 0 Å². The molecular formula is C11H20N2O2. The molecule has 4 heteroatoms. The third-order valence-electron chi connectivity index (χ3n) is 3.02. The summed E-state index contributed by atoms with van der Waals surface area (Å²) < 4.78 is 5.39. The molecule has 0 bridgehead atoms. The number of likely N-dealkylation sites (tertiary alicyclic amines) is 1. The summed E-state index contributed by atoms with van der Waals surface area (Å²) in [6.45, 7) is 7.58. The SMILES string of the molecule is CC(C)(C)OC(=O)N1CC[C@H]2NCC[C@H]21. The van der Waals surface area contributed by atoms with Crippen LogP contribution in [0.15, 0.2) is 0 Å². The maximum Gasteiger partial charge on any atom is 0.410 e.